The quantitative estimate of drug-likeness (QED) is 0.456. The topological polar surface area (TPSA) is 78.5 Å². The maximum atomic E-state index is 12.4. The van der Waals surface area contributed by atoms with Crippen LogP contribution in [-0.4, -0.2) is 56.7 Å². The number of methoxy groups -OCH3 is 1. The molecule has 2 aliphatic rings. The highest BCUT2D eigenvalue weighted by Crippen LogP contribution is 2.31. The second-order valence-corrected chi connectivity index (χ2v) is 8.44. The van der Waals surface area contributed by atoms with Crippen molar-refractivity contribution in [3.63, 3.8) is 0 Å². The van der Waals surface area contributed by atoms with Gasteiger partial charge in [0.15, 0.2) is 0 Å². The van der Waals surface area contributed by atoms with E-state index in [1.165, 1.54) is 32.1 Å². The van der Waals surface area contributed by atoms with Crippen LogP contribution in [0.25, 0.3) is 0 Å². The molecule has 2 unspecified atom stereocenters. The van der Waals surface area contributed by atoms with Gasteiger partial charge in [0.05, 0.1) is 12.6 Å². The average molecular weight is 388 g/mol. The molecule has 0 radical (unpaired) electrons. The summed E-state index contributed by atoms with van der Waals surface area (Å²) >= 11 is 0. The van der Waals surface area contributed by atoms with E-state index in [2.05, 4.69) is 5.32 Å². The lowest BCUT2D eigenvalue weighted by Crippen LogP contribution is -2.51. The fourth-order valence-electron chi connectivity index (χ4n) is 3.63. The minimum absolute atomic E-state index is 0.0633. The first-order valence-electron chi connectivity index (χ1n) is 10.2. The molecule has 7 heteroatoms. The number of alkyl carbamates (subject to hydrolysis) is 1. The van der Waals surface area contributed by atoms with Crippen LogP contribution in [-0.2, 0) is 23.7 Å². The Bertz CT molecular complexity index is 442. The summed E-state index contributed by atoms with van der Waals surface area (Å²) in [5.74, 6) is 0.566. The molecule has 4 atom stereocenters. The van der Waals surface area contributed by atoms with Gasteiger partial charge in [-0.25, -0.2) is 4.79 Å². The lowest BCUT2D eigenvalue weighted by atomic mass is 9.83. The van der Waals surface area contributed by atoms with E-state index in [1.807, 2.05) is 27.7 Å². The Labute approximate surface area is 163 Å². The highest BCUT2D eigenvalue weighted by Gasteiger charge is 2.42. The molecule has 0 spiro atoms. The summed E-state index contributed by atoms with van der Waals surface area (Å²) in [5.41, 5.74) is -0.549. The highest BCUT2D eigenvalue weighted by molar-refractivity contribution is 5.68. The summed E-state index contributed by atoms with van der Waals surface area (Å²) < 4.78 is 27.8. The summed E-state index contributed by atoms with van der Waals surface area (Å²) in [6, 6.07) is -0.214. The second kappa shape index (κ2) is 10.6. The minimum Gasteiger partial charge on any atom is -0.444 e. The van der Waals surface area contributed by atoms with Gasteiger partial charge in [-0.2, -0.15) is 0 Å². The Balaban J connectivity index is 2.07. The van der Waals surface area contributed by atoms with Crippen molar-refractivity contribution in [2.75, 3.05) is 20.3 Å². The molecule has 1 saturated carbocycles. The fraction of sp³-hybridized carbons (Fsp3) is 0.950. The Morgan fingerprint density at radius 1 is 1.22 bits per heavy atom. The normalized spacial score (nSPS) is 24.1. The van der Waals surface area contributed by atoms with Crippen LogP contribution in [0.3, 0.4) is 0 Å². The molecule has 0 aromatic heterocycles. The van der Waals surface area contributed by atoms with Crippen LogP contribution < -0.4 is 5.32 Å². The van der Waals surface area contributed by atoms with E-state index in [0.29, 0.717) is 19.1 Å². The molecular weight excluding hydrogens is 350 g/mol. The molecule has 1 amide bonds. The van der Waals surface area contributed by atoms with Crippen LogP contribution in [0, 0.1) is 5.92 Å². The van der Waals surface area contributed by atoms with Gasteiger partial charge in [-0.1, -0.05) is 32.1 Å². The van der Waals surface area contributed by atoms with Crippen LogP contribution in [0.5, 0.6) is 0 Å². The largest absolute Gasteiger partial charge is 0.444 e. The van der Waals surface area contributed by atoms with Crippen molar-refractivity contribution in [2.24, 2.45) is 5.92 Å². The molecule has 0 aromatic carbocycles. The van der Waals surface area contributed by atoms with Crippen molar-refractivity contribution >= 4 is 6.09 Å². The summed E-state index contributed by atoms with van der Waals surface area (Å²) in [6.45, 7) is 7.77. The highest BCUT2D eigenvalue weighted by atomic mass is 16.8. The van der Waals surface area contributed by atoms with E-state index in [4.69, 9.17) is 23.7 Å². The molecule has 1 heterocycles. The van der Waals surface area contributed by atoms with Gasteiger partial charge < -0.3 is 29.0 Å². The number of hydrogen-bond acceptors (Lipinski definition) is 6. The molecule has 1 N–H and O–H groups in total. The Hall–Kier alpha value is -0.890. The molecule has 1 saturated heterocycles. The number of amides is 1. The molecule has 2 fully saturated rings. The molecule has 158 valence electrons. The standard InChI is InChI=1S/C20H37NO6/c1-6-24-19(23-5)26-17(16-13-25-16)15(12-14-10-8-7-9-11-14)21-18(22)27-20(2,3)4/h14-17,19H,6-13H2,1-5H3,(H,21,22)/t15-,16?,17+,19?/m0/s1. The van der Waals surface area contributed by atoms with Crippen LogP contribution in [0.1, 0.15) is 66.2 Å². The fourth-order valence-corrected chi connectivity index (χ4v) is 3.63. The van der Waals surface area contributed by atoms with E-state index in [9.17, 15) is 4.79 Å². The van der Waals surface area contributed by atoms with Crippen molar-refractivity contribution in [3.8, 4) is 0 Å². The number of rotatable bonds is 10. The van der Waals surface area contributed by atoms with Gasteiger partial charge in [0.1, 0.15) is 17.8 Å². The zero-order valence-electron chi connectivity index (χ0n) is 17.5. The Morgan fingerprint density at radius 3 is 2.41 bits per heavy atom. The first kappa shape index (κ1) is 22.4. The van der Waals surface area contributed by atoms with Crippen LogP contribution in [0.4, 0.5) is 4.79 Å². The molecule has 1 aliphatic carbocycles. The molecule has 2 rings (SSSR count). The van der Waals surface area contributed by atoms with E-state index in [1.54, 1.807) is 7.11 Å². The number of epoxide rings is 1. The van der Waals surface area contributed by atoms with Crippen molar-refractivity contribution in [1.29, 1.82) is 0 Å². The maximum absolute atomic E-state index is 12.4. The van der Waals surface area contributed by atoms with Crippen molar-refractivity contribution in [2.45, 2.75) is 96.5 Å². The number of hydrogen-bond donors (Lipinski definition) is 1. The molecule has 1 aliphatic heterocycles. The Kier molecular flexibility index (Phi) is 8.79. The predicted octanol–water partition coefficient (Wildman–Crippen LogP) is 3.60. The Morgan fingerprint density at radius 2 is 1.89 bits per heavy atom. The van der Waals surface area contributed by atoms with E-state index < -0.39 is 18.2 Å². The number of ether oxygens (including phenoxy) is 5. The average Bonchev–Trinajstić information content (AvgIpc) is 3.42. The van der Waals surface area contributed by atoms with Crippen molar-refractivity contribution < 1.29 is 28.5 Å². The molecule has 27 heavy (non-hydrogen) atoms. The molecule has 0 bridgehead atoms. The summed E-state index contributed by atoms with van der Waals surface area (Å²) in [7, 11) is 1.54. The SMILES string of the molecule is CCOC(OC)O[C@@H](C1CO1)[C@H](CC1CCCCC1)NC(=O)OC(C)(C)C. The summed E-state index contributed by atoms with van der Waals surface area (Å²) in [6.07, 6.45) is 6.16. The van der Waals surface area contributed by atoms with Gasteiger partial charge >= 0.3 is 6.09 Å². The third-order valence-corrected chi connectivity index (χ3v) is 4.90. The number of carbonyl (C=O) groups is 1. The summed E-state index contributed by atoms with van der Waals surface area (Å²) in [4.78, 5) is 12.4. The van der Waals surface area contributed by atoms with Crippen molar-refractivity contribution in [1.82, 2.24) is 5.32 Å². The van der Waals surface area contributed by atoms with Gasteiger partial charge in [-0.15, -0.1) is 0 Å². The van der Waals surface area contributed by atoms with Crippen molar-refractivity contribution in [3.05, 3.63) is 0 Å². The van der Waals surface area contributed by atoms with Gasteiger partial charge in [0.2, 0.25) is 0 Å². The first-order chi connectivity index (χ1) is 12.8. The first-order valence-corrected chi connectivity index (χ1v) is 10.2. The van der Waals surface area contributed by atoms with Gasteiger partial charge in [-0.3, -0.25) is 0 Å². The third-order valence-electron chi connectivity index (χ3n) is 4.90. The van der Waals surface area contributed by atoms with Crippen LogP contribution >= 0.6 is 0 Å². The van der Waals surface area contributed by atoms with Gasteiger partial charge in [-0.05, 0) is 40.0 Å². The van der Waals surface area contributed by atoms with Gasteiger partial charge in [0.25, 0.3) is 6.48 Å². The predicted molar refractivity (Wildman–Crippen MR) is 101 cm³/mol. The lowest BCUT2D eigenvalue weighted by molar-refractivity contribution is -0.298. The zero-order chi connectivity index (χ0) is 19.9. The van der Waals surface area contributed by atoms with Gasteiger partial charge in [0, 0.05) is 13.7 Å². The van der Waals surface area contributed by atoms with E-state index in [0.717, 1.165) is 6.42 Å². The van der Waals surface area contributed by atoms with E-state index in [-0.39, 0.29) is 18.2 Å². The smallest absolute Gasteiger partial charge is 0.407 e. The molecule has 0 aromatic rings. The monoisotopic (exact) mass is 387 g/mol. The minimum atomic E-state index is -0.779. The summed E-state index contributed by atoms with van der Waals surface area (Å²) in [5, 5.41) is 3.04. The maximum Gasteiger partial charge on any atom is 0.407 e. The molecule has 7 nitrogen and oxygen atoms in total. The lowest BCUT2D eigenvalue weighted by Gasteiger charge is -2.33. The second-order valence-electron chi connectivity index (χ2n) is 8.44. The third kappa shape index (κ3) is 8.34. The zero-order valence-corrected chi connectivity index (χ0v) is 17.5. The van der Waals surface area contributed by atoms with E-state index >= 15 is 0 Å². The molecular formula is C20H37NO6. The number of nitrogens with one attached hydrogen (secondary N) is 1. The number of carbonyl (C=O) groups excluding carboxylic acids is 1. The van der Waals surface area contributed by atoms with Crippen LogP contribution in [0.2, 0.25) is 0 Å². The van der Waals surface area contributed by atoms with Crippen LogP contribution in [0.15, 0.2) is 0 Å².